The van der Waals surface area contributed by atoms with Crippen LogP contribution in [0.2, 0.25) is 0 Å². The van der Waals surface area contributed by atoms with Gasteiger partial charge in [-0.3, -0.25) is 9.59 Å². The minimum absolute atomic E-state index is 0.0462. The Bertz CT molecular complexity index is 332. The lowest BCUT2D eigenvalue weighted by Crippen LogP contribution is -2.45. The highest BCUT2D eigenvalue weighted by Gasteiger charge is 2.17. The Kier molecular flexibility index (Phi) is 7.50. The van der Waals surface area contributed by atoms with E-state index in [0.717, 1.165) is 0 Å². The largest absolute Gasteiger partial charge is 0.481 e. The van der Waals surface area contributed by atoms with Crippen LogP contribution in [-0.2, 0) is 14.3 Å². The smallest absolute Gasteiger partial charge is 0.317 e. The molecule has 2 N–H and O–H groups in total. The summed E-state index contributed by atoms with van der Waals surface area (Å²) in [6.07, 6.45) is -0.795. The molecule has 8 heteroatoms. The van der Waals surface area contributed by atoms with Crippen molar-refractivity contribution < 1.29 is 24.2 Å². The van der Waals surface area contributed by atoms with Crippen LogP contribution < -0.4 is 5.32 Å². The molecule has 1 atom stereocenters. The number of nitrogens with zero attached hydrogens (tertiary/aromatic N) is 2. The molecule has 0 rings (SSSR count). The van der Waals surface area contributed by atoms with E-state index >= 15 is 0 Å². The first-order valence-electron chi connectivity index (χ1n) is 5.71. The molecule has 0 aromatic rings. The molecule has 0 radical (unpaired) electrons. The van der Waals surface area contributed by atoms with E-state index in [1.165, 1.54) is 24.0 Å². The maximum absolute atomic E-state index is 11.6. The van der Waals surface area contributed by atoms with Crippen LogP contribution in [0.5, 0.6) is 0 Å². The highest BCUT2D eigenvalue weighted by molar-refractivity contribution is 5.83. The molecular weight excluding hydrogens is 254 g/mol. The summed E-state index contributed by atoms with van der Waals surface area (Å²) >= 11 is 0. The van der Waals surface area contributed by atoms with Crippen LogP contribution in [-0.4, -0.2) is 80.3 Å². The van der Waals surface area contributed by atoms with Gasteiger partial charge in [0.25, 0.3) is 0 Å². The number of urea groups is 1. The van der Waals surface area contributed by atoms with E-state index in [-0.39, 0.29) is 25.4 Å². The molecule has 0 aliphatic heterocycles. The zero-order chi connectivity index (χ0) is 15.0. The molecule has 0 saturated carbocycles. The van der Waals surface area contributed by atoms with Crippen LogP contribution in [0.25, 0.3) is 0 Å². The van der Waals surface area contributed by atoms with Gasteiger partial charge in [-0.05, 0) is 0 Å². The van der Waals surface area contributed by atoms with Crippen LogP contribution in [0.4, 0.5) is 4.79 Å². The topological polar surface area (TPSA) is 99.2 Å². The van der Waals surface area contributed by atoms with Gasteiger partial charge >= 0.3 is 12.0 Å². The number of hydrogen-bond acceptors (Lipinski definition) is 4. The Morgan fingerprint density at radius 1 is 1.26 bits per heavy atom. The fourth-order valence-electron chi connectivity index (χ4n) is 1.19. The molecule has 0 fully saturated rings. The molecule has 8 nitrogen and oxygen atoms in total. The van der Waals surface area contributed by atoms with Gasteiger partial charge in [0, 0.05) is 34.8 Å². The molecule has 0 spiro atoms. The van der Waals surface area contributed by atoms with E-state index in [2.05, 4.69) is 5.32 Å². The van der Waals surface area contributed by atoms with Crippen molar-refractivity contribution in [2.75, 3.05) is 41.3 Å². The van der Waals surface area contributed by atoms with Crippen LogP contribution >= 0.6 is 0 Å². The van der Waals surface area contributed by atoms with Crippen LogP contribution in [0, 0.1) is 0 Å². The minimum Gasteiger partial charge on any atom is -0.481 e. The molecule has 0 bridgehead atoms. The minimum atomic E-state index is -1.00. The monoisotopic (exact) mass is 275 g/mol. The zero-order valence-corrected chi connectivity index (χ0v) is 11.7. The number of carboxylic acid groups (broad SMARTS) is 1. The van der Waals surface area contributed by atoms with Crippen molar-refractivity contribution in [3.05, 3.63) is 0 Å². The Hall–Kier alpha value is -1.83. The first kappa shape index (κ1) is 17.2. The number of ether oxygens (including phenoxy) is 1. The molecule has 0 aromatic carbocycles. The molecule has 0 heterocycles. The summed E-state index contributed by atoms with van der Waals surface area (Å²) in [5, 5.41) is 11.1. The Morgan fingerprint density at radius 3 is 2.26 bits per heavy atom. The molecule has 1 unspecified atom stereocenters. The van der Waals surface area contributed by atoms with Crippen molar-refractivity contribution >= 4 is 17.9 Å². The average Bonchev–Trinajstić information content (AvgIpc) is 2.32. The predicted octanol–water partition coefficient (Wildman–Crippen LogP) is -0.794. The second kappa shape index (κ2) is 8.30. The Morgan fingerprint density at radius 2 is 1.84 bits per heavy atom. The lowest BCUT2D eigenvalue weighted by molar-refractivity contribution is -0.139. The third-order valence-corrected chi connectivity index (χ3v) is 2.43. The maximum Gasteiger partial charge on any atom is 0.317 e. The summed E-state index contributed by atoms with van der Waals surface area (Å²) < 4.78 is 4.92. The van der Waals surface area contributed by atoms with Crippen molar-refractivity contribution in [1.82, 2.24) is 15.1 Å². The number of likely N-dealkylation sites (N-methyl/N-ethyl adjacent to an activating group) is 2. The molecule has 0 aliphatic rings. The zero-order valence-electron chi connectivity index (χ0n) is 11.7. The number of methoxy groups -OCH3 is 1. The molecule has 0 saturated heterocycles. The van der Waals surface area contributed by atoms with Gasteiger partial charge in [-0.2, -0.15) is 0 Å². The summed E-state index contributed by atoms with van der Waals surface area (Å²) in [7, 11) is 6.05. The highest BCUT2D eigenvalue weighted by Crippen LogP contribution is 1.96. The van der Waals surface area contributed by atoms with E-state index in [9.17, 15) is 14.4 Å². The van der Waals surface area contributed by atoms with Crippen molar-refractivity contribution in [3.8, 4) is 0 Å². The standard InChI is InChI=1S/C11H21N3O5/c1-13(2)9(15)7-14(3)11(18)12-6-8(19-4)5-10(16)17/h8H,5-7H2,1-4H3,(H,12,18)(H,16,17). The normalized spacial score (nSPS) is 11.6. The van der Waals surface area contributed by atoms with Gasteiger partial charge in [0.05, 0.1) is 12.5 Å². The van der Waals surface area contributed by atoms with Crippen molar-refractivity contribution in [3.63, 3.8) is 0 Å². The summed E-state index contributed by atoms with van der Waals surface area (Å²) in [5.74, 6) is -1.20. The lowest BCUT2D eigenvalue weighted by Gasteiger charge is -2.21. The molecule has 3 amide bonds. The van der Waals surface area contributed by atoms with E-state index in [1.807, 2.05) is 0 Å². The number of amides is 3. The number of carbonyl (C=O) groups is 3. The summed E-state index contributed by atoms with van der Waals surface area (Å²) in [6, 6.07) is -0.456. The fraction of sp³-hybridized carbons (Fsp3) is 0.727. The maximum atomic E-state index is 11.6. The third-order valence-electron chi connectivity index (χ3n) is 2.43. The molecular formula is C11H21N3O5. The summed E-state index contributed by atoms with van der Waals surface area (Å²) in [4.78, 5) is 36.2. The highest BCUT2D eigenvalue weighted by atomic mass is 16.5. The molecule has 0 aliphatic carbocycles. The number of aliphatic carboxylic acids is 1. The SMILES string of the molecule is COC(CNC(=O)N(C)CC(=O)N(C)C)CC(=O)O. The third kappa shape index (κ3) is 7.24. The predicted molar refractivity (Wildman–Crippen MR) is 67.8 cm³/mol. The van der Waals surface area contributed by atoms with Crippen LogP contribution in [0.1, 0.15) is 6.42 Å². The quantitative estimate of drug-likeness (QED) is 0.634. The van der Waals surface area contributed by atoms with Crippen LogP contribution in [0.15, 0.2) is 0 Å². The molecule has 19 heavy (non-hydrogen) atoms. The van der Waals surface area contributed by atoms with Gasteiger partial charge in [0.1, 0.15) is 6.54 Å². The fourth-order valence-corrected chi connectivity index (χ4v) is 1.19. The van der Waals surface area contributed by atoms with E-state index in [4.69, 9.17) is 9.84 Å². The first-order chi connectivity index (χ1) is 8.77. The summed E-state index contributed by atoms with van der Waals surface area (Å²) in [6.45, 7) is 0.0253. The van der Waals surface area contributed by atoms with E-state index in [0.29, 0.717) is 0 Å². The number of carboxylic acids is 1. The average molecular weight is 275 g/mol. The van der Waals surface area contributed by atoms with Crippen LogP contribution in [0.3, 0.4) is 0 Å². The number of rotatable bonds is 7. The Balaban J connectivity index is 4.15. The first-order valence-corrected chi connectivity index (χ1v) is 5.71. The Labute approximate surface area is 112 Å². The van der Waals surface area contributed by atoms with Crippen molar-refractivity contribution in [1.29, 1.82) is 0 Å². The van der Waals surface area contributed by atoms with Gasteiger partial charge in [0.2, 0.25) is 5.91 Å². The molecule has 0 aromatic heterocycles. The van der Waals surface area contributed by atoms with E-state index < -0.39 is 18.1 Å². The molecule has 110 valence electrons. The van der Waals surface area contributed by atoms with Crippen molar-refractivity contribution in [2.45, 2.75) is 12.5 Å². The van der Waals surface area contributed by atoms with Gasteiger partial charge in [0.15, 0.2) is 0 Å². The number of carbonyl (C=O) groups excluding carboxylic acids is 2. The lowest BCUT2D eigenvalue weighted by atomic mass is 10.2. The summed E-state index contributed by atoms with van der Waals surface area (Å²) in [5.41, 5.74) is 0. The number of hydrogen-bond donors (Lipinski definition) is 2. The van der Waals surface area contributed by atoms with Gasteiger partial charge in [-0.25, -0.2) is 4.79 Å². The van der Waals surface area contributed by atoms with Crippen molar-refractivity contribution in [2.24, 2.45) is 0 Å². The number of nitrogens with one attached hydrogen (secondary N) is 1. The van der Waals surface area contributed by atoms with Gasteiger partial charge < -0.3 is 25.0 Å². The van der Waals surface area contributed by atoms with Gasteiger partial charge in [-0.1, -0.05) is 0 Å². The second-order valence-electron chi connectivity index (χ2n) is 4.29. The second-order valence-corrected chi connectivity index (χ2v) is 4.29. The van der Waals surface area contributed by atoms with E-state index in [1.54, 1.807) is 14.1 Å². The van der Waals surface area contributed by atoms with Gasteiger partial charge in [-0.15, -0.1) is 0 Å².